The van der Waals surface area contributed by atoms with Gasteiger partial charge in [-0.3, -0.25) is 4.79 Å². The van der Waals surface area contributed by atoms with E-state index in [4.69, 9.17) is 23.2 Å². The molecule has 8 heteroatoms. The molecule has 5 nitrogen and oxygen atoms in total. The van der Waals surface area contributed by atoms with E-state index in [9.17, 15) is 13.2 Å². The molecule has 0 aliphatic carbocycles. The fourth-order valence-electron chi connectivity index (χ4n) is 1.55. The minimum atomic E-state index is -3.50. The second-order valence-electron chi connectivity index (χ2n) is 4.23. The molecule has 1 N–H and O–H groups in total. The van der Waals surface area contributed by atoms with Crippen molar-refractivity contribution >= 4 is 39.1 Å². The number of hydrogen-bond acceptors (Lipinski definition) is 3. The van der Waals surface area contributed by atoms with Crippen LogP contribution >= 0.6 is 23.2 Å². The van der Waals surface area contributed by atoms with Crippen LogP contribution in [0.5, 0.6) is 0 Å². The molecule has 0 bridgehead atoms. The molecule has 0 unspecified atom stereocenters. The Morgan fingerprint density at radius 3 is 2.45 bits per heavy atom. The average Bonchev–Trinajstić information content (AvgIpc) is 2.32. The van der Waals surface area contributed by atoms with Crippen LogP contribution in [-0.2, 0) is 21.4 Å². The Kier molecular flexibility index (Phi) is 6.26. The van der Waals surface area contributed by atoms with E-state index in [1.807, 2.05) is 0 Å². The summed E-state index contributed by atoms with van der Waals surface area (Å²) in [5, 5.41) is 3.30. The zero-order chi connectivity index (χ0) is 15.3. The number of rotatable bonds is 6. The van der Waals surface area contributed by atoms with Gasteiger partial charge in [0.1, 0.15) is 0 Å². The Morgan fingerprint density at radius 2 is 1.95 bits per heavy atom. The van der Waals surface area contributed by atoms with Gasteiger partial charge in [0.25, 0.3) is 0 Å². The molecular weight excluding hydrogens is 323 g/mol. The summed E-state index contributed by atoms with van der Waals surface area (Å²) in [5.41, 5.74) is 0.661. The summed E-state index contributed by atoms with van der Waals surface area (Å²) in [5.74, 6) is -0.349. The van der Waals surface area contributed by atoms with E-state index >= 15 is 0 Å². The van der Waals surface area contributed by atoms with E-state index in [1.165, 1.54) is 0 Å². The van der Waals surface area contributed by atoms with Crippen molar-refractivity contribution in [2.45, 2.75) is 13.5 Å². The largest absolute Gasteiger partial charge is 0.355 e. The highest BCUT2D eigenvalue weighted by Gasteiger charge is 2.20. The maximum Gasteiger partial charge on any atom is 0.235 e. The van der Waals surface area contributed by atoms with Crippen LogP contribution in [0.25, 0.3) is 0 Å². The van der Waals surface area contributed by atoms with Crippen molar-refractivity contribution in [2.75, 3.05) is 19.3 Å². The van der Waals surface area contributed by atoms with Gasteiger partial charge in [-0.1, -0.05) is 29.3 Å². The van der Waals surface area contributed by atoms with E-state index in [1.54, 1.807) is 25.1 Å². The molecular formula is C12H16Cl2N2O3S. The van der Waals surface area contributed by atoms with Crippen LogP contribution in [0.15, 0.2) is 18.2 Å². The SMILES string of the molecule is CCNC(=O)CN(Cc1ccc(Cl)c(Cl)c1)S(C)(=O)=O. The third-order valence-corrected chi connectivity index (χ3v) is 4.44. The first kappa shape index (κ1) is 17.2. The second-order valence-corrected chi connectivity index (χ2v) is 7.03. The van der Waals surface area contributed by atoms with Crippen LogP contribution in [0.3, 0.4) is 0 Å². The summed E-state index contributed by atoms with van der Waals surface area (Å²) < 4.78 is 24.5. The number of sulfonamides is 1. The third kappa shape index (κ3) is 5.28. The first-order chi connectivity index (χ1) is 9.24. The van der Waals surface area contributed by atoms with Crippen LogP contribution < -0.4 is 5.32 Å². The highest BCUT2D eigenvalue weighted by atomic mass is 35.5. The summed E-state index contributed by atoms with van der Waals surface area (Å²) in [4.78, 5) is 11.5. The number of benzene rings is 1. The van der Waals surface area contributed by atoms with E-state index in [0.717, 1.165) is 10.6 Å². The molecule has 0 fully saturated rings. The molecule has 0 atom stereocenters. The van der Waals surface area contributed by atoms with Gasteiger partial charge in [0, 0.05) is 13.1 Å². The van der Waals surface area contributed by atoms with Gasteiger partial charge in [-0.05, 0) is 24.6 Å². The van der Waals surface area contributed by atoms with Gasteiger partial charge in [-0.2, -0.15) is 4.31 Å². The predicted octanol–water partition coefficient (Wildman–Crippen LogP) is 1.89. The summed E-state index contributed by atoms with van der Waals surface area (Å²) >= 11 is 11.7. The van der Waals surface area contributed by atoms with Crippen LogP contribution in [-0.4, -0.2) is 38.0 Å². The summed E-state index contributed by atoms with van der Waals surface area (Å²) in [6, 6.07) is 4.84. The van der Waals surface area contributed by atoms with Crippen molar-refractivity contribution in [3.8, 4) is 0 Å². The number of halogens is 2. The van der Waals surface area contributed by atoms with Crippen molar-refractivity contribution < 1.29 is 13.2 Å². The van der Waals surface area contributed by atoms with Gasteiger partial charge in [0.2, 0.25) is 15.9 Å². The lowest BCUT2D eigenvalue weighted by Crippen LogP contribution is -2.39. The van der Waals surface area contributed by atoms with Crippen molar-refractivity contribution in [1.29, 1.82) is 0 Å². The van der Waals surface area contributed by atoms with Gasteiger partial charge < -0.3 is 5.32 Å². The fourth-order valence-corrected chi connectivity index (χ4v) is 2.60. The molecule has 0 aliphatic rings. The Hall–Kier alpha value is -0.820. The maximum atomic E-state index is 11.7. The van der Waals surface area contributed by atoms with E-state index in [2.05, 4.69) is 5.32 Å². The quantitative estimate of drug-likeness (QED) is 0.861. The number of nitrogens with zero attached hydrogens (tertiary/aromatic N) is 1. The normalized spacial score (nSPS) is 11.7. The standard InChI is InChI=1S/C12H16Cl2N2O3S/c1-3-15-12(17)8-16(20(2,18)19)7-9-4-5-10(13)11(14)6-9/h4-6H,3,7-8H2,1-2H3,(H,15,17). The molecule has 1 aromatic rings. The van der Waals surface area contributed by atoms with Crippen molar-refractivity contribution in [3.63, 3.8) is 0 Å². The molecule has 0 saturated carbocycles. The molecule has 112 valence electrons. The molecule has 20 heavy (non-hydrogen) atoms. The topological polar surface area (TPSA) is 66.5 Å². The van der Waals surface area contributed by atoms with Crippen molar-refractivity contribution in [2.24, 2.45) is 0 Å². The van der Waals surface area contributed by atoms with Gasteiger partial charge in [-0.15, -0.1) is 0 Å². The van der Waals surface area contributed by atoms with Gasteiger partial charge in [0.15, 0.2) is 0 Å². The molecule has 1 rings (SSSR count). The molecule has 0 aliphatic heterocycles. The van der Waals surface area contributed by atoms with Crippen LogP contribution in [0.1, 0.15) is 12.5 Å². The number of likely N-dealkylation sites (N-methyl/N-ethyl adjacent to an activating group) is 1. The zero-order valence-electron chi connectivity index (χ0n) is 11.2. The summed E-state index contributed by atoms with van der Waals surface area (Å²) in [6.07, 6.45) is 1.06. The van der Waals surface area contributed by atoms with Crippen molar-refractivity contribution in [1.82, 2.24) is 9.62 Å². The Bertz CT molecular complexity index is 590. The lowest BCUT2D eigenvalue weighted by atomic mass is 10.2. The number of amides is 1. The molecule has 0 heterocycles. The lowest BCUT2D eigenvalue weighted by molar-refractivity contribution is -0.121. The van der Waals surface area contributed by atoms with E-state index in [-0.39, 0.29) is 19.0 Å². The second kappa shape index (κ2) is 7.26. The van der Waals surface area contributed by atoms with Gasteiger partial charge in [0.05, 0.1) is 22.8 Å². The predicted molar refractivity (Wildman–Crippen MR) is 80.4 cm³/mol. The highest BCUT2D eigenvalue weighted by Crippen LogP contribution is 2.23. The Labute approximate surface area is 128 Å². The van der Waals surface area contributed by atoms with Crippen molar-refractivity contribution in [3.05, 3.63) is 33.8 Å². The van der Waals surface area contributed by atoms with Crippen LogP contribution in [0.4, 0.5) is 0 Å². The van der Waals surface area contributed by atoms with Gasteiger partial charge >= 0.3 is 0 Å². The highest BCUT2D eigenvalue weighted by molar-refractivity contribution is 7.88. The molecule has 0 saturated heterocycles. The molecule has 0 spiro atoms. The first-order valence-corrected chi connectivity index (χ1v) is 8.50. The number of carbonyl (C=O) groups is 1. The van der Waals surface area contributed by atoms with E-state index < -0.39 is 10.0 Å². The lowest BCUT2D eigenvalue weighted by Gasteiger charge is -2.19. The van der Waals surface area contributed by atoms with Crippen LogP contribution in [0, 0.1) is 0 Å². The maximum absolute atomic E-state index is 11.7. The third-order valence-electron chi connectivity index (χ3n) is 2.51. The Morgan fingerprint density at radius 1 is 1.30 bits per heavy atom. The fraction of sp³-hybridized carbons (Fsp3) is 0.417. The van der Waals surface area contributed by atoms with E-state index in [0.29, 0.717) is 22.2 Å². The molecule has 0 aromatic heterocycles. The number of carbonyl (C=O) groups excluding carboxylic acids is 1. The zero-order valence-corrected chi connectivity index (χ0v) is 13.5. The monoisotopic (exact) mass is 338 g/mol. The first-order valence-electron chi connectivity index (χ1n) is 5.89. The Balaban J connectivity index is 2.90. The minimum Gasteiger partial charge on any atom is -0.355 e. The van der Waals surface area contributed by atoms with Gasteiger partial charge in [-0.25, -0.2) is 8.42 Å². The number of hydrogen-bond donors (Lipinski definition) is 1. The summed E-state index contributed by atoms with van der Waals surface area (Å²) in [7, 11) is -3.50. The summed E-state index contributed by atoms with van der Waals surface area (Å²) in [6.45, 7) is 2.05. The minimum absolute atomic E-state index is 0.0624. The molecule has 0 radical (unpaired) electrons. The number of nitrogens with one attached hydrogen (secondary N) is 1. The molecule has 1 aromatic carbocycles. The smallest absolute Gasteiger partial charge is 0.235 e. The molecule has 1 amide bonds. The van der Waals surface area contributed by atoms with Crippen LogP contribution in [0.2, 0.25) is 10.0 Å². The average molecular weight is 339 g/mol.